The molecule has 0 aromatic heterocycles. The number of aryl methyl sites for hydroxylation is 1. The summed E-state index contributed by atoms with van der Waals surface area (Å²) in [5, 5.41) is 11.9. The van der Waals surface area contributed by atoms with Crippen molar-refractivity contribution in [1.29, 1.82) is 5.26 Å². The number of benzene rings is 1. The molecule has 0 unspecified atom stereocenters. The Labute approximate surface area is 232 Å². The van der Waals surface area contributed by atoms with Gasteiger partial charge in [-0.1, -0.05) is 59.2 Å². The Hall–Kier alpha value is -3.14. The van der Waals surface area contributed by atoms with Crippen molar-refractivity contribution in [2.75, 3.05) is 6.54 Å². The minimum absolute atomic E-state index is 0.0108. The summed E-state index contributed by atoms with van der Waals surface area (Å²) in [5.41, 5.74) is -1.23. The third-order valence-corrected chi connectivity index (χ3v) is 9.71. The van der Waals surface area contributed by atoms with Crippen molar-refractivity contribution in [3.05, 3.63) is 29.8 Å². The Bertz CT molecular complexity index is 1330. The van der Waals surface area contributed by atoms with E-state index in [-0.39, 0.29) is 34.5 Å². The highest BCUT2D eigenvalue weighted by atomic mass is 32.2. The standard InChI is InChI=1S/C27H35F3N4O5S/c1-8-16(13-31)32-22(35)20-19-18(26(19,6)7)14-33(20)23(36)21(25(3,4)5)34(24(37)27(28,29)30)40(38,39)17-11-9-15(2)10-12-17/h9-12,16,18-21H,8,14H2,1-7H3,(H,32,35)/t16-,18-,19-,20-,21+/m0/s1. The van der Waals surface area contributed by atoms with Gasteiger partial charge in [0.05, 0.1) is 11.0 Å². The lowest BCUT2D eigenvalue weighted by molar-refractivity contribution is -0.185. The molecule has 3 rings (SSSR count). The van der Waals surface area contributed by atoms with E-state index in [1.165, 1.54) is 32.9 Å². The van der Waals surface area contributed by atoms with Crippen LogP contribution in [0.2, 0.25) is 0 Å². The van der Waals surface area contributed by atoms with Gasteiger partial charge in [-0.05, 0) is 48.1 Å². The summed E-state index contributed by atoms with van der Waals surface area (Å²) in [6.07, 6.45) is -5.33. The number of hydrogen-bond donors (Lipinski definition) is 1. The van der Waals surface area contributed by atoms with E-state index in [4.69, 9.17) is 0 Å². The van der Waals surface area contributed by atoms with Crippen LogP contribution in [0.4, 0.5) is 13.2 Å². The molecule has 1 saturated heterocycles. The zero-order valence-electron chi connectivity index (χ0n) is 23.5. The summed E-state index contributed by atoms with van der Waals surface area (Å²) in [6, 6.07) is 2.70. The highest BCUT2D eigenvalue weighted by Crippen LogP contribution is 2.65. The van der Waals surface area contributed by atoms with Crippen molar-refractivity contribution in [2.45, 2.75) is 84.1 Å². The number of nitrogens with one attached hydrogen (secondary N) is 1. The van der Waals surface area contributed by atoms with Crippen LogP contribution in [0.25, 0.3) is 0 Å². The van der Waals surface area contributed by atoms with Crippen molar-refractivity contribution in [3.8, 4) is 6.07 Å². The Morgan fingerprint density at radius 1 is 1.18 bits per heavy atom. The molecule has 2 aliphatic rings. The molecule has 1 aliphatic carbocycles. The predicted octanol–water partition coefficient (Wildman–Crippen LogP) is 3.39. The zero-order valence-corrected chi connectivity index (χ0v) is 24.4. The third-order valence-electron chi connectivity index (χ3n) is 7.95. The fourth-order valence-electron chi connectivity index (χ4n) is 5.59. The van der Waals surface area contributed by atoms with Gasteiger partial charge >= 0.3 is 12.1 Å². The lowest BCUT2D eigenvalue weighted by atomic mass is 9.85. The number of nitrogens with zero attached hydrogens (tertiary/aromatic N) is 3. The molecule has 1 aromatic rings. The second kappa shape index (κ2) is 10.4. The highest BCUT2D eigenvalue weighted by molar-refractivity contribution is 7.89. The number of carbonyl (C=O) groups is 3. The molecule has 1 saturated carbocycles. The van der Waals surface area contributed by atoms with Crippen LogP contribution in [0.5, 0.6) is 0 Å². The van der Waals surface area contributed by atoms with Crippen molar-refractivity contribution in [3.63, 3.8) is 0 Å². The van der Waals surface area contributed by atoms with E-state index < -0.39 is 62.4 Å². The average molecular weight is 585 g/mol. The van der Waals surface area contributed by atoms with E-state index in [1.807, 2.05) is 19.9 Å². The molecule has 220 valence electrons. The quantitative estimate of drug-likeness (QED) is 0.524. The number of rotatable bonds is 7. The lowest BCUT2D eigenvalue weighted by Gasteiger charge is -2.42. The fourth-order valence-corrected chi connectivity index (χ4v) is 7.30. The Morgan fingerprint density at radius 2 is 1.73 bits per heavy atom. The van der Waals surface area contributed by atoms with Gasteiger partial charge < -0.3 is 10.2 Å². The number of hydrogen-bond acceptors (Lipinski definition) is 6. The molecule has 1 heterocycles. The minimum atomic E-state index is -5.62. The number of halogens is 3. The molecule has 1 N–H and O–H groups in total. The van der Waals surface area contributed by atoms with E-state index in [1.54, 1.807) is 13.8 Å². The third kappa shape index (κ3) is 5.55. The molecule has 1 aromatic carbocycles. The van der Waals surface area contributed by atoms with Crippen LogP contribution in [0.3, 0.4) is 0 Å². The van der Waals surface area contributed by atoms with Gasteiger partial charge in [0, 0.05) is 6.54 Å². The van der Waals surface area contributed by atoms with Gasteiger partial charge in [-0.3, -0.25) is 14.4 Å². The van der Waals surface area contributed by atoms with E-state index >= 15 is 0 Å². The lowest BCUT2D eigenvalue weighted by Crippen LogP contribution is -2.63. The topological polar surface area (TPSA) is 128 Å². The number of carbonyl (C=O) groups excluding carboxylic acids is 3. The van der Waals surface area contributed by atoms with Crippen LogP contribution in [0, 0.1) is 40.9 Å². The molecule has 13 heteroatoms. The summed E-state index contributed by atoms with van der Waals surface area (Å²) in [7, 11) is -5.17. The SMILES string of the molecule is CC[C@@H](C#N)NC(=O)[C@@H]1[C@@H]2[C@H](CN1C(=O)[C@@H](N(C(=O)C(F)(F)F)S(=O)(=O)c1ccc(C)cc1)C(C)(C)C)C2(C)C. The second-order valence-electron chi connectivity index (χ2n) is 12.2. The number of piperidine rings is 1. The van der Waals surface area contributed by atoms with Crippen LogP contribution in [0.15, 0.2) is 29.2 Å². The highest BCUT2D eigenvalue weighted by Gasteiger charge is 2.70. The minimum Gasteiger partial charge on any atom is -0.339 e. The van der Waals surface area contributed by atoms with Gasteiger partial charge in [-0.15, -0.1) is 0 Å². The zero-order chi connectivity index (χ0) is 30.6. The van der Waals surface area contributed by atoms with E-state index in [0.717, 1.165) is 17.0 Å². The summed E-state index contributed by atoms with van der Waals surface area (Å²) in [4.78, 5) is 40.8. The smallest absolute Gasteiger partial charge is 0.339 e. The van der Waals surface area contributed by atoms with Gasteiger partial charge in [-0.2, -0.15) is 18.4 Å². The summed E-state index contributed by atoms with van der Waals surface area (Å²) >= 11 is 0. The number of likely N-dealkylation sites (tertiary alicyclic amines) is 1. The molecule has 5 atom stereocenters. The molecule has 3 amide bonds. The van der Waals surface area contributed by atoms with E-state index in [2.05, 4.69) is 5.32 Å². The number of nitriles is 1. The van der Waals surface area contributed by atoms with Crippen molar-refractivity contribution >= 4 is 27.7 Å². The largest absolute Gasteiger partial charge is 0.472 e. The first-order valence-corrected chi connectivity index (χ1v) is 14.4. The summed E-state index contributed by atoms with van der Waals surface area (Å²) in [5.74, 6) is -4.97. The fraction of sp³-hybridized carbons (Fsp3) is 0.630. The Balaban J connectivity index is 2.15. The van der Waals surface area contributed by atoms with Crippen LogP contribution in [-0.2, 0) is 24.4 Å². The van der Waals surface area contributed by atoms with Crippen LogP contribution < -0.4 is 5.32 Å². The maximum Gasteiger partial charge on any atom is 0.472 e. The molecule has 1 aliphatic heterocycles. The van der Waals surface area contributed by atoms with Crippen molar-refractivity contribution in [2.24, 2.45) is 22.7 Å². The monoisotopic (exact) mass is 584 g/mol. The van der Waals surface area contributed by atoms with Crippen molar-refractivity contribution in [1.82, 2.24) is 14.5 Å². The van der Waals surface area contributed by atoms with Gasteiger partial charge in [0.15, 0.2) is 0 Å². The first-order valence-electron chi connectivity index (χ1n) is 12.9. The Kier molecular flexibility index (Phi) is 8.13. The molecular weight excluding hydrogens is 549 g/mol. The normalized spacial score (nSPS) is 23.4. The van der Waals surface area contributed by atoms with E-state index in [0.29, 0.717) is 5.56 Å². The Morgan fingerprint density at radius 3 is 2.17 bits per heavy atom. The number of amides is 3. The number of fused-ring (bicyclic) bond motifs is 1. The first-order chi connectivity index (χ1) is 18.2. The van der Waals surface area contributed by atoms with Crippen LogP contribution >= 0.6 is 0 Å². The van der Waals surface area contributed by atoms with E-state index in [9.17, 15) is 41.2 Å². The van der Waals surface area contributed by atoms with Crippen LogP contribution in [0.1, 0.15) is 53.5 Å². The maximum atomic E-state index is 14.2. The van der Waals surface area contributed by atoms with Crippen LogP contribution in [-0.4, -0.2) is 66.2 Å². The number of sulfonamides is 1. The summed E-state index contributed by atoms with van der Waals surface area (Å²) < 4.78 is 68.7. The number of alkyl halides is 3. The first kappa shape index (κ1) is 31.4. The molecular formula is C27H35F3N4O5S. The molecule has 0 bridgehead atoms. The molecule has 9 nitrogen and oxygen atoms in total. The molecule has 0 spiro atoms. The van der Waals surface area contributed by atoms with Gasteiger partial charge in [0.2, 0.25) is 11.8 Å². The average Bonchev–Trinajstić information content (AvgIpc) is 3.16. The van der Waals surface area contributed by atoms with Crippen molar-refractivity contribution < 1.29 is 36.0 Å². The predicted molar refractivity (Wildman–Crippen MR) is 139 cm³/mol. The molecule has 2 fully saturated rings. The summed E-state index contributed by atoms with van der Waals surface area (Å²) in [6.45, 7) is 11.2. The van der Waals surface area contributed by atoms with Gasteiger partial charge in [-0.25, -0.2) is 12.7 Å². The second-order valence-corrected chi connectivity index (χ2v) is 14.0. The van der Waals surface area contributed by atoms with Gasteiger partial charge in [0.25, 0.3) is 10.0 Å². The van der Waals surface area contributed by atoms with Gasteiger partial charge in [0.1, 0.15) is 18.1 Å². The molecule has 0 radical (unpaired) electrons. The molecule has 40 heavy (non-hydrogen) atoms. The maximum absolute atomic E-state index is 14.2.